The van der Waals surface area contributed by atoms with Crippen molar-refractivity contribution in [1.82, 2.24) is 0 Å². The number of aromatic hydroxyl groups is 1. The van der Waals surface area contributed by atoms with Crippen molar-refractivity contribution in [2.75, 3.05) is 12.4 Å². The van der Waals surface area contributed by atoms with Crippen LogP contribution in [0.4, 0.5) is 5.69 Å². The lowest BCUT2D eigenvalue weighted by Gasteiger charge is -2.15. The van der Waals surface area contributed by atoms with Crippen molar-refractivity contribution in [1.29, 1.82) is 5.26 Å². The van der Waals surface area contributed by atoms with Crippen LogP contribution < -0.4 is 10.1 Å². The molecule has 2 N–H and O–H groups in total. The maximum absolute atomic E-state index is 12.4. The van der Waals surface area contributed by atoms with Crippen molar-refractivity contribution in [2.45, 2.75) is 26.7 Å². The van der Waals surface area contributed by atoms with Gasteiger partial charge in [-0.05, 0) is 72.0 Å². The van der Waals surface area contributed by atoms with E-state index in [0.29, 0.717) is 5.69 Å². The molecule has 0 fully saturated rings. The van der Waals surface area contributed by atoms with Crippen LogP contribution in [-0.4, -0.2) is 18.1 Å². The normalized spacial score (nSPS) is 11.2. The van der Waals surface area contributed by atoms with Gasteiger partial charge in [0.15, 0.2) is 0 Å². The van der Waals surface area contributed by atoms with Crippen LogP contribution in [0, 0.1) is 18.3 Å². The zero-order valence-corrected chi connectivity index (χ0v) is 15.3. The van der Waals surface area contributed by atoms with Crippen LogP contribution in [-0.2, 0) is 4.79 Å². The maximum atomic E-state index is 12.4. The number of methoxy groups -OCH3 is 1. The molecule has 134 valence electrons. The first-order chi connectivity index (χ1) is 12.3. The summed E-state index contributed by atoms with van der Waals surface area (Å²) >= 11 is 0. The van der Waals surface area contributed by atoms with Gasteiger partial charge >= 0.3 is 0 Å². The van der Waals surface area contributed by atoms with Crippen molar-refractivity contribution < 1.29 is 14.6 Å². The Kier molecular flexibility index (Phi) is 6.03. The number of nitriles is 1. The Bertz CT molecular complexity index is 875. The van der Waals surface area contributed by atoms with Crippen molar-refractivity contribution in [3.8, 4) is 17.6 Å². The Morgan fingerprint density at radius 2 is 1.92 bits per heavy atom. The van der Waals surface area contributed by atoms with Crippen LogP contribution in [0.15, 0.2) is 42.0 Å². The van der Waals surface area contributed by atoms with Gasteiger partial charge in [0.05, 0.1) is 7.11 Å². The average molecular weight is 350 g/mol. The smallest absolute Gasteiger partial charge is 0.266 e. The number of hydrogen-bond acceptors (Lipinski definition) is 4. The molecule has 5 heteroatoms. The largest absolute Gasteiger partial charge is 0.508 e. The Hall–Kier alpha value is -3.26. The monoisotopic (exact) mass is 350 g/mol. The number of nitrogens with zero attached hydrogens (tertiary/aromatic N) is 1. The molecular weight excluding hydrogens is 328 g/mol. The molecule has 2 rings (SSSR count). The summed E-state index contributed by atoms with van der Waals surface area (Å²) in [4.78, 5) is 12.4. The highest BCUT2D eigenvalue weighted by molar-refractivity contribution is 6.09. The maximum Gasteiger partial charge on any atom is 0.266 e. The number of amides is 1. The Morgan fingerprint density at radius 1 is 1.27 bits per heavy atom. The van der Waals surface area contributed by atoms with Crippen molar-refractivity contribution in [3.05, 3.63) is 58.7 Å². The first-order valence-corrected chi connectivity index (χ1v) is 8.26. The summed E-state index contributed by atoms with van der Waals surface area (Å²) in [6, 6.07) is 11.9. The summed E-state index contributed by atoms with van der Waals surface area (Å²) in [7, 11) is 1.63. The average Bonchev–Trinajstić information content (AvgIpc) is 2.61. The van der Waals surface area contributed by atoms with E-state index < -0.39 is 5.91 Å². The molecule has 0 aromatic heterocycles. The number of hydrogen-bond donors (Lipinski definition) is 2. The molecule has 0 heterocycles. The fraction of sp³-hybridized carbons (Fsp3) is 0.238. The fourth-order valence-electron chi connectivity index (χ4n) is 2.55. The molecule has 2 aromatic carbocycles. The minimum atomic E-state index is -0.500. The molecule has 26 heavy (non-hydrogen) atoms. The van der Waals surface area contributed by atoms with E-state index in [1.54, 1.807) is 25.3 Å². The minimum Gasteiger partial charge on any atom is -0.508 e. The molecule has 0 aliphatic carbocycles. The second-order valence-corrected chi connectivity index (χ2v) is 6.28. The molecule has 1 amide bonds. The van der Waals surface area contributed by atoms with Crippen molar-refractivity contribution >= 4 is 17.7 Å². The second-order valence-electron chi connectivity index (χ2n) is 6.28. The molecule has 0 aliphatic heterocycles. The molecule has 0 saturated carbocycles. The highest BCUT2D eigenvalue weighted by atomic mass is 16.5. The summed E-state index contributed by atoms with van der Waals surface area (Å²) in [5, 5.41) is 21.4. The lowest BCUT2D eigenvalue weighted by Crippen LogP contribution is -2.13. The molecular formula is C21H22N2O3. The van der Waals surface area contributed by atoms with Crippen LogP contribution in [0.5, 0.6) is 11.5 Å². The summed E-state index contributed by atoms with van der Waals surface area (Å²) in [6.07, 6.45) is 1.58. The van der Waals surface area contributed by atoms with Gasteiger partial charge in [-0.3, -0.25) is 4.79 Å². The van der Waals surface area contributed by atoms with Gasteiger partial charge in [-0.25, -0.2) is 0 Å². The Morgan fingerprint density at radius 3 is 2.46 bits per heavy atom. The van der Waals surface area contributed by atoms with Crippen LogP contribution in [0.1, 0.15) is 36.5 Å². The third-order valence-corrected chi connectivity index (χ3v) is 4.03. The number of ether oxygens (including phenoxy) is 1. The SMILES string of the molecule is COc1cc(C)c(/C=C(\C#N)C(=O)Nc2ccc(O)cc2)cc1C(C)C. The number of phenolic OH excluding ortho intramolecular Hbond substituents is 1. The predicted octanol–water partition coefficient (Wildman–Crippen LogP) is 4.38. The summed E-state index contributed by atoms with van der Waals surface area (Å²) in [6.45, 7) is 6.03. The zero-order chi connectivity index (χ0) is 19.3. The summed E-state index contributed by atoms with van der Waals surface area (Å²) in [5.41, 5.74) is 3.23. The number of carbonyl (C=O) groups is 1. The third kappa shape index (κ3) is 4.42. The van der Waals surface area contributed by atoms with Gasteiger partial charge in [0.2, 0.25) is 0 Å². The van der Waals surface area contributed by atoms with Gasteiger partial charge in [-0.1, -0.05) is 13.8 Å². The molecule has 0 atom stereocenters. The summed E-state index contributed by atoms with van der Waals surface area (Å²) < 4.78 is 5.42. The minimum absolute atomic E-state index is 0.000970. The van der Waals surface area contributed by atoms with Crippen LogP contribution >= 0.6 is 0 Å². The number of phenols is 1. The quantitative estimate of drug-likeness (QED) is 0.476. The third-order valence-electron chi connectivity index (χ3n) is 4.03. The first kappa shape index (κ1) is 19.1. The molecule has 0 saturated heterocycles. The van der Waals surface area contributed by atoms with E-state index in [0.717, 1.165) is 22.4 Å². The number of benzene rings is 2. The molecule has 0 unspecified atom stereocenters. The van der Waals surface area contributed by atoms with Gasteiger partial charge in [-0.2, -0.15) is 5.26 Å². The fourth-order valence-corrected chi connectivity index (χ4v) is 2.55. The van der Waals surface area contributed by atoms with E-state index in [9.17, 15) is 15.2 Å². The number of aryl methyl sites for hydroxylation is 1. The number of rotatable bonds is 5. The number of nitrogens with one attached hydrogen (secondary N) is 1. The van der Waals surface area contributed by atoms with Gasteiger partial charge in [0.25, 0.3) is 5.91 Å². The molecule has 0 radical (unpaired) electrons. The van der Waals surface area contributed by atoms with Crippen molar-refractivity contribution in [2.24, 2.45) is 0 Å². The van der Waals surface area contributed by atoms with Crippen molar-refractivity contribution in [3.63, 3.8) is 0 Å². The van der Waals surface area contributed by atoms with Gasteiger partial charge in [0, 0.05) is 5.69 Å². The van der Waals surface area contributed by atoms with Crippen LogP contribution in [0.3, 0.4) is 0 Å². The van der Waals surface area contributed by atoms with Gasteiger partial charge in [0.1, 0.15) is 23.1 Å². The molecule has 5 nitrogen and oxygen atoms in total. The highest BCUT2D eigenvalue weighted by Crippen LogP contribution is 2.30. The number of anilines is 1. The van der Waals surface area contributed by atoms with Crippen LogP contribution in [0.25, 0.3) is 6.08 Å². The second kappa shape index (κ2) is 8.21. The molecule has 2 aromatic rings. The Balaban J connectivity index is 2.36. The lowest BCUT2D eigenvalue weighted by atomic mass is 9.95. The molecule has 0 spiro atoms. The highest BCUT2D eigenvalue weighted by Gasteiger charge is 2.14. The van der Waals surface area contributed by atoms with E-state index in [1.165, 1.54) is 12.1 Å². The molecule has 0 aliphatic rings. The topological polar surface area (TPSA) is 82.3 Å². The lowest BCUT2D eigenvalue weighted by molar-refractivity contribution is -0.112. The van der Waals surface area contributed by atoms with Crippen LogP contribution in [0.2, 0.25) is 0 Å². The van der Waals surface area contributed by atoms with E-state index in [-0.39, 0.29) is 17.2 Å². The predicted molar refractivity (Wildman–Crippen MR) is 102 cm³/mol. The van der Waals surface area contributed by atoms with E-state index in [4.69, 9.17) is 4.74 Å². The van der Waals surface area contributed by atoms with Gasteiger partial charge < -0.3 is 15.2 Å². The van der Waals surface area contributed by atoms with E-state index >= 15 is 0 Å². The van der Waals surface area contributed by atoms with E-state index in [2.05, 4.69) is 19.2 Å². The molecule has 0 bridgehead atoms. The first-order valence-electron chi connectivity index (χ1n) is 8.26. The number of carbonyl (C=O) groups excluding carboxylic acids is 1. The zero-order valence-electron chi connectivity index (χ0n) is 15.3. The Labute approximate surface area is 153 Å². The summed E-state index contributed by atoms with van der Waals surface area (Å²) in [5.74, 6) is 0.643. The van der Waals surface area contributed by atoms with Gasteiger partial charge in [-0.15, -0.1) is 0 Å². The van der Waals surface area contributed by atoms with E-state index in [1.807, 2.05) is 25.1 Å². The standard InChI is InChI=1S/C21H22N2O3/c1-13(2)19-11-15(14(3)9-20(19)26-4)10-16(12-22)21(25)23-17-5-7-18(24)8-6-17/h5-11,13,24H,1-4H3,(H,23,25)/b16-10+.